The van der Waals surface area contributed by atoms with Gasteiger partial charge in [-0.1, -0.05) is 5.16 Å². The molecule has 0 aliphatic carbocycles. The third-order valence-electron chi connectivity index (χ3n) is 3.53. The third-order valence-corrected chi connectivity index (χ3v) is 3.53. The highest BCUT2D eigenvalue weighted by Crippen LogP contribution is 2.25. The summed E-state index contributed by atoms with van der Waals surface area (Å²) in [6.07, 6.45) is 1.46. The number of aryl methyl sites for hydroxylation is 1. The second-order valence-electron chi connectivity index (χ2n) is 5.33. The summed E-state index contributed by atoms with van der Waals surface area (Å²) in [6.45, 7) is 5.64. The number of hydrazine groups is 1. The van der Waals surface area contributed by atoms with E-state index in [4.69, 9.17) is 10.3 Å². The number of nitrogen functional groups attached to an aromatic ring is 1. The molecule has 0 amide bonds. The van der Waals surface area contributed by atoms with Gasteiger partial charge in [-0.15, -0.1) is 0 Å². The first-order chi connectivity index (χ1) is 10.6. The van der Waals surface area contributed by atoms with Gasteiger partial charge in [0.2, 0.25) is 0 Å². The Balaban J connectivity index is 1.71. The van der Waals surface area contributed by atoms with Gasteiger partial charge in [-0.05, 0) is 14.0 Å². The lowest BCUT2D eigenvalue weighted by Crippen LogP contribution is -2.47. The normalized spacial score (nSPS) is 16.6. The molecule has 118 valence electrons. The maximum atomic E-state index is 6.14. The number of nitrogens with zero attached hydrogens (tertiary/aromatic N) is 5. The fourth-order valence-corrected chi connectivity index (χ4v) is 2.20. The Morgan fingerprint density at radius 3 is 2.59 bits per heavy atom. The van der Waals surface area contributed by atoms with E-state index in [0.717, 1.165) is 26.2 Å². The minimum absolute atomic E-state index is 0.446. The van der Waals surface area contributed by atoms with Crippen LogP contribution in [-0.4, -0.2) is 58.3 Å². The zero-order valence-electron chi connectivity index (χ0n) is 12.7. The van der Waals surface area contributed by atoms with Gasteiger partial charge >= 0.3 is 0 Å². The Morgan fingerprint density at radius 2 is 1.91 bits per heavy atom. The molecule has 0 unspecified atom stereocenters. The van der Waals surface area contributed by atoms with Crippen LogP contribution in [0.5, 0.6) is 0 Å². The molecule has 0 bridgehead atoms. The lowest BCUT2D eigenvalue weighted by molar-refractivity contribution is 0.178. The molecule has 9 nitrogen and oxygen atoms in total. The van der Waals surface area contributed by atoms with Crippen LogP contribution in [0.4, 0.5) is 23.1 Å². The van der Waals surface area contributed by atoms with Crippen molar-refractivity contribution in [1.29, 1.82) is 0 Å². The lowest BCUT2D eigenvalue weighted by atomic mass is 10.4. The van der Waals surface area contributed by atoms with Crippen molar-refractivity contribution < 1.29 is 4.52 Å². The van der Waals surface area contributed by atoms with Gasteiger partial charge in [0.25, 0.3) is 0 Å². The van der Waals surface area contributed by atoms with Crippen molar-refractivity contribution in [3.8, 4) is 0 Å². The summed E-state index contributed by atoms with van der Waals surface area (Å²) in [5, 5.41) is 9.00. The molecule has 0 radical (unpaired) electrons. The number of piperazine rings is 1. The standard InChI is InChI=1S/C13H20N8O/c1-9-7-10(19-22-9)17-12-11(14)13(16-8-15-12)18-21-5-3-20(2)4-6-21/h7-8H,3-6,14H2,1-2H3,(H2,15,16,17,18,19). The highest BCUT2D eigenvalue weighted by Gasteiger charge is 2.16. The predicted octanol–water partition coefficient (Wildman–Crippen LogP) is 0.673. The van der Waals surface area contributed by atoms with Crippen molar-refractivity contribution in [1.82, 2.24) is 25.0 Å². The first-order valence-corrected chi connectivity index (χ1v) is 7.13. The lowest BCUT2D eigenvalue weighted by Gasteiger charge is -2.32. The average molecular weight is 304 g/mol. The first kappa shape index (κ1) is 14.5. The van der Waals surface area contributed by atoms with E-state index < -0.39 is 0 Å². The molecule has 1 aliphatic rings. The number of aromatic nitrogens is 3. The Labute approximate surface area is 128 Å². The van der Waals surface area contributed by atoms with Crippen molar-refractivity contribution in [2.24, 2.45) is 0 Å². The van der Waals surface area contributed by atoms with E-state index >= 15 is 0 Å². The van der Waals surface area contributed by atoms with Crippen LogP contribution < -0.4 is 16.5 Å². The monoisotopic (exact) mass is 304 g/mol. The SMILES string of the molecule is Cc1cc(Nc2ncnc(NN3CCN(C)CC3)c2N)no1. The number of nitrogens with one attached hydrogen (secondary N) is 2. The van der Waals surface area contributed by atoms with Crippen molar-refractivity contribution >= 4 is 23.1 Å². The van der Waals surface area contributed by atoms with Gasteiger partial charge < -0.3 is 25.9 Å². The Bertz CT molecular complexity index is 635. The van der Waals surface area contributed by atoms with Crippen LogP contribution in [0.25, 0.3) is 0 Å². The molecular weight excluding hydrogens is 284 g/mol. The Morgan fingerprint density at radius 1 is 1.18 bits per heavy atom. The second-order valence-corrected chi connectivity index (χ2v) is 5.33. The molecule has 3 heterocycles. The van der Waals surface area contributed by atoms with Crippen LogP contribution in [0.15, 0.2) is 16.9 Å². The molecule has 22 heavy (non-hydrogen) atoms. The van der Waals surface area contributed by atoms with E-state index in [1.807, 2.05) is 6.92 Å². The molecular formula is C13H20N8O. The maximum absolute atomic E-state index is 6.14. The quantitative estimate of drug-likeness (QED) is 0.751. The molecule has 2 aromatic heterocycles. The smallest absolute Gasteiger partial charge is 0.175 e. The zero-order valence-corrected chi connectivity index (χ0v) is 12.7. The van der Waals surface area contributed by atoms with Crippen LogP contribution in [0, 0.1) is 6.92 Å². The van der Waals surface area contributed by atoms with Gasteiger partial charge in [-0.3, -0.25) is 0 Å². The third kappa shape index (κ3) is 3.26. The Kier molecular flexibility index (Phi) is 4.07. The summed E-state index contributed by atoms with van der Waals surface area (Å²) >= 11 is 0. The topological polar surface area (TPSA) is 108 Å². The maximum Gasteiger partial charge on any atom is 0.175 e. The second kappa shape index (κ2) is 6.16. The molecule has 3 rings (SSSR count). The van der Waals surface area contributed by atoms with E-state index in [9.17, 15) is 0 Å². The molecule has 1 fully saturated rings. The van der Waals surface area contributed by atoms with Gasteiger partial charge in [0.05, 0.1) is 0 Å². The zero-order chi connectivity index (χ0) is 15.5. The van der Waals surface area contributed by atoms with Crippen molar-refractivity contribution in [3.05, 3.63) is 18.2 Å². The summed E-state index contributed by atoms with van der Waals surface area (Å²) in [5.74, 6) is 2.36. The molecule has 1 aliphatic heterocycles. The number of hydrogen-bond donors (Lipinski definition) is 3. The number of rotatable bonds is 4. The molecule has 9 heteroatoms. The van der Waals surface area contributed by atoms with E-state index in [2.05, 4.69) is 42.8 Å². The van der Waals surface area contributed by atoms with Crippen molar-refractivity contribution in [3.63, 3.8) is 0 Å². The summed E-state index contributed by atoms with van der Waals surface area (Å²) in [7, 11) is 2.11. The van der Waals surface area contributed by atoms with Crippen LogP contribution in [0.2, 0.25) is 0 Å². The molecule has 0 atom stereocenters. The summed E-state index contributed by atoms with van der Waals surface area (Å²) in [6, 6.07) is 1.77. The van der Waals surface area contributed by atoms with E-state index in [-0.39, 0.29) is 0 Å². The predicted molar refractivity (Wildman–Crippen MR) is 83.7 cm³/mol. The molecule has 0 spiro atoms. The molecule has 2 aromatic rings. The van der Waals surface area contributed by atoms with Gasteiger partial charge in [0.15, 0.2) is 17.5 Å². The van der Waals surface area contributed by atoms with Crippen LogP contribution in [-0.2, 0) is 0 Å². The highest BCUT2D eigenvalue weighted by molar-refractivity contribution is 5.76. The number of hydrogen-bond acceptors (Lipinski definition) is 9. The molecule has 1 saturated heterocycles. The van der Waals surface area contributed by atoms with Crippen LogP contribution in [0.1, 0.15) is 5.76 Å². The van der Waals surface area contributed by atoms with Crippen LogP contribution >= 0.6 is 0 Å². The van der Waals surface area contributed by atoms with Crippen molar-refractivity contribution in [2.75, 3.05) is 49.7 Å². The van der Waals surface area contributed by atoms with Crippen LogP contribution in [0.3, 0.4) is 0 Å². The number of likely N-dealkylation sites (N-methyl/N-ethyl adjacent to an activating group) is 1. The number of nitrogens with two attached hydrogens (primary N) is 1. The first-order valence-electron chi connectivity index (χ1n) is 7.13. The Hall–Kier alpha value is -2.39. The number of anilines is 4. The highest BCUT2D eigenvalue weighted by atomic mass is 16.5. The summed E-state index contributed by atoms with van der Waals surface area (Å²) in [4.78, 5) is 10.6. The fourth-order valence-electron chi connectivity index (χ4n) is 2.20. The average Bonchev–Trinajstić information content (AvgIpc) is 2.91. The van der Waals surface area contributed by atoms with Gasteiger partial charge in [0, 0.05) is 32.2 Å². The summed E-state index contributed by atoms with van der Waals surface area (Å²) < 4.78 is 5.01. The van der Waals surface area contributed by atoms with Gasteiger partial charge in [-0.2, -0.15) is 0 Å². The minimum atomic E-state index is 0.446. The molecule has 0 aromatic carbocycles. The van der Waals surface area contributed by atoms with E-state index in [0.29, 0.717) is 28.9 Å². The molecule has 0 saturated carbocycles. The van der Waals surface area contributed by atoms with E-state index in [1.54, 1.807) is 6.07 Å². The fraction of sp³-hybridized carbons (Fsp3) is 0.462. The largest absolute Gasteiger partial charge is 0.393 e. The summed E-state index contributed by atoms with van der Waals surface area (Å²) in [5.41, 5.74) is 9.83. The minimum Gasteiger partial charge on any atom is -0.393 e. The van der Waals surface area contributed by atoms with E-state index in [1.165, 1.54) is 6.33 Å². The van der Waals surface area contributed by atoms with Gasteiger partial charge in [-0.25, -0.2) is 15.0 Å². The van der Waals surface area contributed by atoms with Gasteiger partial charge in [0.1, 0.15) is 17.8 Å². The molecule has 4 N–H and O–H groups in total. The van der Waals surface area contributed by atoms with Crippen molar-refractivity contribution in [2.45, 2.75) is 6.92 Å².